The Morgan fingerprint density at radius 2 is 1.96 bits per heavy atom. The largest absolute Gasteiger partial charge is 0.368 e. The first-order valence-corrected chi connectivity index (χ1v) is 8.31. The number of aryl methyl sites for hydroxylation is 1. The summed E-state index contributed by atoms with van der Waals surface area (Å²) < 4.78 is 5.13. The second-order valence-electron chi connectivity index (χ2n) is 5.77. The van der Waals surface area contributed by atoms with Gasteiger partial charge in [0.2, 0.25) is 5.89 Å². The van der Waals surface area contributed by atoms with Crippen molar-refractivity contribution >= 4 is 11.6 Å². The average molecular weight is 328 g/mol. The number of hydrogen-bond acceptors (Lipinski definition) is 5. The summed E-state index contributed by atoms with van der Waals surface area (Å²) in [6.45, 7) is 6.45. The molecule has 1 N–H and O–H groups in total. The predicted octanol–water partition coefficient (Wildman–Crippen LogP) is 1.32. The molecule has 0 atom stereocenters. The fraction of sp³-hybridized carbons (Fsp3) is 0.471. The smallest absolute Gasteiger partial charge is 0.228 e. The van der Waals surface area contributed by atoms with E-state index in [2.05, 4.69) is 60.6 Å². The number of nitrogens with zero attached hydrogens (tertiary/aromatic N) is 5. The molecule has 2 aromatic rings. The Bertz CT molecular complexity index is 661. The maximum atomic E-state index is 5.13. The molecule has 1 aliphatic rings. The first-order chi connectivity index (χ1) is 11.8. The molecule has 2 heterocycles. The van der Waals surface area contributed by atoms with Crippen LogP contribution in [0.2, 0.25) is 0 Å². The maximum Gasteiger partial charge on any atom is 0.228 e. The lowest BCUT2D eigenvalue weighted by atomic mass is 10.2. The number of benzene rings is 1. The number of aromatic nitrogens is 2. The number of aliphatic imine (C=N–C) groups is 1. The summed E-state index contributed by atoms with van der Waals surface area (Å²) in [6, 6.07) is 10.5. The first-order valence-electron chi connectivity index (χ1n) is 8.31. The topological polar surface area (TPSA) is 69.8 Å². The lowest BCUT2D eigenvalue weighted by molar-refractivity contribution is 0.363. The summed E-state index contributed by atoms with van der Waals surface area (Å²) in [4.78, 5) is 13.3. The van der Waals surface area contributed by atoms with Gasteiger partial charge >= 0.3 is 0 Å². The van der Waals surface area contributed by atoms with Gasteiger partial charge in [0.15, 0.2) is 11.8 Å². The number of para-hydroxylation sites is 1. The highest BCUT2D eigenvalue weighted by Gasteiger charge is 2.19. The SMILES string of the molecule is CN=C(NCCc1nc(C)no1)N1CCN(c2ccccc2)CC1. The molecular formula is C17H24N6O. The van der Waals surface area contributed by atoms with Gasteiger partial charge in [0, 0.05) is 51.9 Å². The second kappa shape index (κ2) is 7.81. The molecule has 7 nitrogen and oxygen atoms in total. The van der Waals surface area contributed by atoms with Gasteiger partial charge in [0.1, 0.15) is 0 Å². The van der Waals surface area contributed by atoms with Gasteiger partial charge in [-0.05, 0) is 19.1 Å². The number of nitrogens with one attached hydrogen (secondary N) is 1. The van der Waals surface area contributed by atoms with E-state index in [1.54, 1.807) is 0 Å². The fourth-order valence-corrected chi connectivity index (χ4v) is 2.87. The Morgan fingerprint density at radius 3 is 2.58 bits per heavy atom. The van der Waals surface area contributed by atoms with Crippen LogP contribution in [0, 0.1) is 6.92 Å². The van der Waals surface area contributed by atoms with E-state index in [1.165, 1.54) is 5.69 Å². The standard InChI is InChI=1S/C17H24N6O/c1-14-20-16(24-21-14)8-9-19-17(18-2)23-12-10-22(11-13-23)15-6-4-3-5-7-15/h3-7H,8-13H2,1-2H3,(H,18,19). The Morgan fingerprint density at radius 1 is 1.21 bits per heavy atom. The molecule has 0 aliphatic carbocycles. The molecule has 0 saturated carbocycles. The van der Waals surface area contributed by atoms with E-state index in [-0.39, 0.29) is 0 Å². The molecule has 1 aliphatic heterocycles. The zero-order chi connectivity index (χ0) is 16.8. The van der Waals surface area contributed by atoms with Crippen LogP contribution in [0.25, 0.3) is 0 Å². The Kier molecular flexibility index (Phi) is 5.30. The van der Waals surface area contributed by atoms with Crippen LogP contribution in [0.1, 0.15) is 11.7 Å². The molecule has 7 heteroatoms. The number of rotatable bonds is 4. The molecule has 3 rings (SSSR count). The van der Waals surface area contributed by atoms with Crippen molar-refractivity contribution < 1.29 is 4.52 Å². The highest BCUT2D eigenvalue weighted by molar-refractivity contribution is 5.80. The molecule has 1 saturated heterocycles. The van der Waals surface area contributed by atoms with E-state index in [0.717, 1.165) is 38.7 Å². The molecule has 0 bridgehead atoms. The minimum atomic E-state index is 0.657. The van der Waals surface area contributed by atoms with Crippen LogP contribution >= 0.6 is 0 Å². The number of anilines is 1. The van der Waals surface area contributed by atoms with Crippen LogP contribution in [0.5, 0.6) is 0 Å². The van der Waals surface area contributed by atoms with Crippen LogP contribution in [0.4, 0.5) is 5.69 Å². The van der Waals surface area contributed by atoms with E-state index in [9.17, 15) is 0 Å². The van der Waals surface area contributed by atoms with Gasteiger partial charge in [-0.1, -0.05) is 23.4 Å². The number of piperazine rings is 1. The monoisotopic (exact) mass is 328 g/mol. The fourth-order valence-electron chi connectivity index (χ4n) is 2.87. The van der Waals surface area contributed by atoms with Crippen molar-refractivity contribution in [1.82, 2.24) is 20.4 Å². The third-order valence-corrected chi connectivity index (χ3v) is 4.10. The molecule has 0 radical (unpaired) electrons. The third-order valence-electron chi connectivity index (χ3n) is 4.10. The van der Waals surface area contributed by atoms with Crippen molar-refractivity contribution in [3.8, 4) is 0 Å². The summed E-state index contributed by atoms with van der Waals surface area (Å²) in [7, 11) is 1.82. The van der Waals surface area contributed by atoms with Gasteiger partial charge in [-0.15, -0.1) is 0 Å². The van der Waals surface area contributed by atoms with E-state index < -0.39 is 0 Å². The van der Waals surface area contributed by atoms with E-state index in [4.69, 9.17) is 4.52 Å². The van der Waals surface area contributed by atoms with Gasteiger partial charge in [-0.3, -0.25) is 4.99 Å². The van der Waals surface area contributed by atoms with Crippen molar-refractivity contribution in [3.05, 3.63) is 42.0 Å². The highest BCUT2D eigenvalue weighted by atomic mass is 16.5. The molecule has 128 valence electrons. The molecule has 1 aromatic heterocycles. The van der Waals surface area contributed by atoms with E-state index >= 15 is 0 Å². The van der Waals surface area contributed by atoms with E-state index in [0.29, 0.717) is 18.1 Å². The van der Waals surface area contributed by atoms with Crippen molar-refractivity contribution in [1.29, 1.82) is 0 Å². The Labute approximate surface area is 142 Å². The lowest BCUT2D eigenvalue weighted by Gasteiger charge is -2.37. The molecule has 0 amide bonds. The number of guanidine groups is 1. The van der Waals surface area contributed by atoms with Gasteiger partial charge in [0.05, 0.1) is 0 Å². The normalized spacial score (nSPS) is 15.7. The summed E-state index contributed by atoms with van der Waals surface area (Å²) in [5, 5.41) is 7.18. The van der Waals surface area contributed by atoms with Gasteiger partial charge < -0.3 is 19.6 Å². The van der Waals surface area contributed by atoms with Gasteiger partial charge in [-0.2, -0.15) is 4.98 Å². The highest BCUT2D eigenvalue weighted by Crippen LogP contribution is 2.15. The van der Waals surface area contributed by atoms with Crippen LogP contribution in [0.3, 0.4) is 0 Å². The zero-order valence-electron chi connectivity index (χ0n) is 14.3. The average Bonchev–Trinajstić information content (AvgIpc) is 3.05. The van der Waals surface area contributed by atoms with Gasteiger partial charge in [0.25, 0.3) is 0 Å². The first kappa shape index (κ1) is 16.3. The maximum absolute atomic E-state index is 5.13. The minimum absolute atomic E-state index is 0.657. The van der Waals surface area contributed by atoms with Crippen molar-refractivity contribution in [2.75, 3.05) is 44.7 Å². The number of hydrogen-bond donors (Lipinski definition) is 1. The van der Waals surface area contributed by atoms with Crippen molar-refractivity contribution in [3.63, 3.8) is 0 Å². The zero-order valence-corrected chi connectivity index (χ0v) is 14.3. The summed E-state index contributed by atoms with van der Waals surface area (Å²) in [5.74, 6) is 2.26. The summed E-state index contributed by atoms with van der Waals surface area (Å²) in [6.07, 6.45) is 0.698. The van der Waals surface area contributed by atoms with Crippen LogP contribution in [-0.4, -0.2) is 60.8 Å². The summed E-state index contributed by atoms with van der Waals surface area (Å²) >= 11 is 0. The minimum Gasteiger partial charge on any atom is -0.368 e. The third kappa shape index (κ3) is 4.04. The lowest BCUT2D eigenvalue weighted by Crippen LogP contribution is -2.52. The van der Waals surface area contributed by atoms with Crippen molar-refractivity contribution in [2.24, 2.45) is 4.99 Å². The molecule has 1 fully saturated rings. The van der Waals surface area contributed by atoms with Crippen LogP contribution in [-0.2, 0) is 6.42 Å². The molecule has 1 aromatic carbocycles. The Hall–Kier alpha value is -2.57. The van der Waals surface area contributed by atoms with Crippen LogP contribution in [0.15, 0.2) is 39.8 Å². The van der Waals surface area contributed by atoms with Crippen molar-refractivity contribution in [2.45, 2.75) is 13.3 Å². The molecule has 24 heavy (non-hydrogen) atoms. The molecule has 0 unspecified atom stereocenters. The van der Waals surface area contributed by atoms with E-state index in [1.807, 2.05) is 14.0 Å². The quantitative estimate of drug-likeness (QED) is 0.674. The Balaban J connectivity index is 1.47. The predicted molar refractivity (Wildman–Crippen MR) is 94.3 cm³/mol. The molecular weight excluding hydrogens is 304 g/mol. The molecule has 0 spiro atoms. The summed E-state index contributed by atoms with van der Waals surface area (Å²) in [5.41, 5.74) is 1.28. The second-order valence-corrected chi connectivity index (χ2v) is 5.77. The van der Waals surface area contributed by atoms with Crippen LogP contribution < -0.4 is 10.2 Å². The van der Waals surface area contributed by atoms with Gasteiger partial charge in [-0.25, -0.2) is 0 Å².